The van der Waals surface area contributed by atoms with E-state index in [1.165, 1.54) is 13.8 Å². The SMILES string of the molecule is CC(=O)O[C@@H]1CC[C@@]2(C)[C@@H](C1)C[C@@H](OC(C)=O)[C@@H]1[C@@H]2C[C@H](O)[C@]2(C)[C@@H](C(C)=O)CC[C@@H]12. The molecule has 0 spiro atoms. The minimum absolute atomic E-state index is 0.00852. The van der Waals surface area contributed by atoms with Gasteiger partial charge in [-0.25, -0.2) is 0 Å². The number of aliphatic hydroxyl groups is 1. The van der Waals surface area contributed by atoms with Gasteiger partial charge in [-0.15, -0.1) is 0 Å². The summed E-state index contributed by atoms with van der Waals surface area (Å²) >= 11 is 0. The van der Waals surface area contributed by atoms with Crippen LogP contribution >= 0.6 is 0 Å². The predicted molar refractivity (Wildman–Crippen MR) is 114 cm³/mol. The molecule has 1 N–H and O–H groups in total. The lowest BCUT2D eigenvalue weighted by Gasteiger charge is -2.63. The Balaban J connectivity index is 1.69. The van der Waals surface area contributed by atoms with Gasteiger partial charge in [0.2, 0.25) is 0 Å². The number of esters is 2. The third-order valence-electron chi connectivity index (χ3n) is 9.86. The Morgan fingerprint density at radius 3 is 2.16 bits per heavy atom. The molecular formula is C25H38O6. The molecule has 0 unspecified atom stereocenters. The maximum atomic E-state index is 12.4. The molecule has 0 amide bonds. The Bertz CT molecular complexity index is 763. The number of hydrogen-bond acceptors (Lipinski definition) is 6. The quantitative estimate of drug-likeness (QED) is 0.682. The van der Waals surface area contributed by atoms with Crippen LogP contribution in [-0.2, 0) is 23.9 Å². The fourth-order valence-electron chi connectivity index (χ4n) is 8.47. The van der Waals surface area contributed by atoms with Gasteiger partial charge in [0.25, 0.3) is 0 Å². The third kappa shape index (κ3) is 3.53. The standard InChI is InChI=1S/C25H38O6/c1-13(26)18-6-7-19-23-20(12-22(29)25(18,19)5)24(4)9-8-17(30-14(2)27)10-16(24)11-21(23)31-15(3)28/h16-23,29H,6-12H2,1-5H3/t16-,17+,18+,19-,20-,21+,22-,23-,24-,25+/m0/s1. The van der Waals surface area contributed by atoms with Crippen LogP contribution in [0.15, 0.2) is 0 Å². The van der Waals surface area contributed by atoms with Crippen molar-refractivity contribution in [3.8, 4) is 0 Å². The van der Waals surface area contributed by atoms with E-state index >= 15 is 0 Å². The summed E-state index contributed by atoms with van der Waals surface area (Å²) in [5.41, 5.74) is -0.446. The molecule has 0 aromatic rings. The molecule has 0 bridgehead atoms. The monoisotopic (exact) mass is 434 g/mol. The van der Waals surface area contributed by atoms with Gasteiger partial charge in [0, 0.05) is 31.1 Å². The fraction of sp³-hybridized carbons (Fsp3) is 0.880. The van der Waals surface area contributed by atoms with Crippen molar-refractivity contribution in [3.05, 3.63) is 0 Å². The molecule has 6 heteroatoms. The molecule has 0 aromatic carbocycles. The first-order valence-electron chi connectivity index (χ1n) is 12.0. The van der Waals surface area contributed by atoms with Crippen LogP contribution in [0.4, 0.5) is 0 Å². The molecule has 6 nitrogen and oxygen atoms in total. The number of ether oxygens (including phenoxy) is 2. The fourth-order valence-corrected chi connectivity index (χ4v) is 8.47. The molecule has 31 heavy (non-hydrogen) atoms. The number of aliphatic hydroxyl groups excluding tert-OH is 1. The zero-order valence-corrected chi connectivity index (χ0v) is 19.6. The van der Waals surface area contributed by atoms with Gasteiger partial charge in [0.1, 0.15) is 18.0 Å². The van der Waals surface area contributed by atoms with Crippen LogP contribution < -0.4 is 0 Å². The summed E-state index contributed by atoms with van der Waals surface area (Å²) in [5, 5.41) is 11.4. The lowest BCUT2D eigenvalue weighted by atomic mass is 9.43. The second-order valence-electron chi connectivity index (χ2n) is 11.2. The number of ketones is 1. The van der Waals surface area contributed by atoms with E-state index in [-0.39, 0.29) is 64.9 Å². The number of rotatable bonds is 3. The van der Waals surface area contributed by atoms with Crippen molar-refractivity contribution in [1.82, 2.24) is 0 Å². The summed E-state index contributed by atoms with van der Waals surface area (Å²) in [6.45, 7) is 8.99. The van der Waals surface area contributed by atoms with E-state index in [2.05, 4.69) is 13.8 Å². The highest BCUT2D eigenvalue weighted by molar-refractivity contribution is 5.79. The topological polar surface area (TPSA) is 89.9 Å². The van der Waals surface area contributed by atoms with E-state index in [4.69, 9.17) is 9.47 Å². The average molecular weight is 435 g/mol. The second-order valence-corrected chi connectivity index (χ2v) is 11.2. The summed E-state index contributed by atoms with van der Waals surface area (Å²) in [6, 6.07) is 0. The molecule has 0 saturated heterocycles. The first-order chi connectivity index (χ1) is 14.5. The third-order valence-corrected chi connectivity index (χ3v) is 9.86. The van der Waals surface area contributed by atoms with Crippen LogP contribution in [0.3, 0.4) is 0 Å². The number of carbonyl (C=O) groups is 3. The number of carbonyl (C=O) groups excluding carboxylic acids is 3. The summed E-state index contributed by atoms with van der Waals surface area (Å²) in [4.78, 5) is 36.0. The van der Waals surface area contributed by atoms with E-state index in [1.807, 2.05) is 0 Å². The van der Waals surface area contributed by atoms with E-state index < -0.39 is 11.5 Å². The van der Waals surface area contributed by atoms with Crippen molar-refractivity contribution in [2.24, 2.45) is 40.4 Å². The van der Waals surface area contributed by atoms with Crippen molar-refractivity contribution in [2.75, 3.05) is 0 Å². The van der Waals surface area contributed by atoms with Crippen LogP contribution in [0.1, 0.15) is 79.6 Å². The minimum Gasteiger partial charge on any atom is -0.463 e. The molecule has 0 aliphatic heterocycles. The van der Waals surface area contributed by atoms with Crippen LogP contribution in [0.25, 0.3) is 0 Å². The van der Waals surface area contributed by atoms with Gasteiger partial charge in [0.05, 0.1) is 6.10 Å². The minimum atomic E-state index is -0.533. The number of hydrogen-bond donors (Lipinski definition) is 1. The zero-order chi connectivity index (χ0) is 22.7. The molecule has 4 aliphatic carbocycles. The maximum absolute atomic E-state index is 12.4. The highest BCUT2D eigenvalue weighted by atomic mass is 16.5. The highest BCUT2D eigenvalue weighted by Gasteiger charge is 2.66. The average Bonchev–Trinajstić information content (AvgIpc) is 3.01. The molecule has 0 radical (unpaired) electrons. The van der Waals surface area contributed by atoms with Gasteiger partial charge in [-0.3, -0.25) is 14.4 Å². The first-order valence-corrected chi connectivity index (χ1v) is 12.0. The van der Waals surface area contributed by atoms with E-state index in [0.29, 0.717) is 6.42 Å². The normalized spacial score (nSPS) is 48.7. The van der Waals surface area contributed by atoms with Gasteiger partial charge in [-0.1, -0.05) is 13.8 Å². The van der Waals surface area contributed by atoms with E-state index in [9.17, 15) is 19.5 Å². The summed E-state index contributed by atoms with van der Waals surface area (Å²) in [5.74, 6) is 0.351. The molecule has 0 aromatic heterocycles. The predicted octanol–water partition coefficient (Wildman–Crippen LogP) is 3.68. The molecule has 4 saturated carbocycles. The molecular weight excluding hydrogens is 396 g/mol. The number of fused-ring (bicyclic) bond motifs is 5. The van der Waals surface area contributed by atoms with Gasteiger partial charge in [-0.2, -0.15) is 0 Å². The van der Waals surface area contributed by atoms with Crippen LogP contribution in [-0.4, -0.2) is 41.1 Å². The molecule has 10 atom stereocenters. The van der Waals surface area contributed by atoms with Gasteiger partial charge in [0.15, 0.2) is 0 Å². The Hall–Kier alpha value is -1.43. The molecule has 174 valence electrons. The summed E-state index contributed by atoms with van der Waals surface area (Å²) in [6.07, 6.45) is 4.84. The Morgan fingerprint density at radius 2 is 1.55 bits per heavy atom. The smallest absolute Gasteiger partial charge is 0.302 e. The second kappa shape index (κ2) is 7.86. The van der Waals surface area contributed by atoms with Crippen molar-refractivity contribution in [2.45, 2.75) is 97.9 Å². The van der Waals surface area contributed by atoms with Gasteiger partial charge < -0.3 is 14.6 Å². The summed E-state index contributed by atoms with van der Waals surface area (Å²) in [7, 11) is 0. The molecule has 4 rings (SSSR count). The molecule has 4 aliphatic rings. The van der Waals surface area contributed by atoms with Gasteiger partial charge in [-0.05, 0) is 75.0 Å². The lowest BCUT2D eigenvalue weighted by molar-refractivity contribution is -0.215. The Morgan fingerprint density at radius 1 is 0.871 bits per heavy atom. The molecule has 4 fully saturated rings. The van der Waals surface area contributed by atoms with E-state index in [0.717, 1.165) is 38.5 Å². The zero-order valence-electron chi connectivity index (χ0n) is 19.6. The van der Waals surface area contributed by atoms with E-state index in [1.54, 1.807) is 6.92 Å². The Labute approximate surface area is 185 Å². The van der Waals surface area contributed by atoms with Crippen LogP contribution in [0.2, 0.25) is 0 Å². The first kappa shape index (κ1) is 22.8. The van der Waals surface area contributed by atoms with Gasteiger partial charge >= 0.3 is 11.9 Å². The van der Waals surface area contributed by atoms with Crippen LogP contribution in [0.5, 0.6) is 0 Å². The van der Waals surface area contributed by atoms with Crippen molar-refractivity contribution < 1.29 is 29.0 Å². The molecule has 0 heterocycles. The lowest BCUT2D eigenvalue weighted by Crippen LogP contribution is -2.63. The van der Waals surface area contributed by atoms with Crippen molar-refractivity contribution in [3.63, 3.8) is 0 Å². The Kier molecular flexibility index (Phi) is 5.77. The maximum Gasteiger partial charge on any atom is 0.302 e. The highest BCUT2D eigenvalue weighted by Crippen LogP contribution is 2.68. The van der Waals surface area contributed by atoms with Crippen molar-refractivity contribution >= 4 is 17.7 Å². The largest absolute Gasteiger partial charge is 0.463 e. The number of Topliss-reactive ketones (excluding diaryl/α,β-unsaturated/α-hetero) is 1. The van der Waals surface area contributed by atoms with Crippen LogP contribution in [0, 0.1) is 40.4 Å². The van der Waals surface area contributed by atoms with Crippen molar-refractivity contribution in [1.29, 1.82) is 0 Å². The summed E-state index contributed by atoms with van der Waals surface area (Å²) < 4.78 is 11.5.